The second-order valence-corrected chi connectivity index (χ2v) is 7.70. The van der Waals surface area contributed by atoms with Crippen LogP contribution in [0.5, 0.6) is 0 Å². The molecule has 0 saturated heterocycles. The summed E-state index contributed by atoms with van der Waals surface area (Å²) < 4.78 is 0. The third-order valence-electron chi connectivity index (χ3n) is 3.79. The van der Waals surface area contributed by atoms with Crippen molar-refractivity contribution >= 4 is 34.8 Å². The van der Waals surface area contributed by atoms with Gasteiger partial charge >= 0.3 is 0 Å². The first-order chi connectivity index (χ1) is 11.9. The Kier molecular flexibility index (Phi) is 7.02. The van der Waals surface area contributed by atoms with Crippen molar-refractivity contribution in [1.29, 1.82) is 0 Å². The molecule has 1 aromatic carbocycles. The SMILES string of the molecule is CC(C)CC(NC(=O)c1ccc(Cl)cc1)C(=O)N(C)Cc1ccsc1. The average Bonchev–Trinajstić information content (AvgIpc) is 3.06. The number of carbonyl (C=O) groups is 2. The third kappa shape index (κ3) is 5.87. The van der Waals surface area contributed by atoms with Gasteiger partial charge in [-0.3, -0.25) is 9.59 Å². The molecular weight excluding hydrogens is 356 g/mol. The molecule has 2 rings (SSSR count). The molecule has 1 unspecified atom stereocenters. The summed E-state index contributed by atoms with van der Waals surface area (Å²) in [5.74, 6) is -0.0594. The lowest BCUT2D eigenvalue weighted by Crippen LogP contribution is -2.47. The quantitative estimate of drug-likeness (QED) is 0.784. The maximum absolute atomic E-state index is 12.8. The van der Waals surface area contributed by atoms with Crippen LogP contribution in [0.1, 0.15) is 36.2 Å². The summed E-state index contributed by atoms with van der Waals surface area (Å²) in [5.41, 5.74) is 1.58. The van der Waals surface area contributed by atoms with Crippen LogP contribution >= 0.6 is 22.9 Å². The Hall–Kier alpha value is -1.85. The fraction of sp³-hybridized carbons (Fsp3) is 0.368. The zero-order valence-electron chi connectivity index (χ0n) is 14.7. The van der Waals surface area contributed by atoms with Crippen molar-refractivity contribution in [2.24, 2.45) is 5.92 Å². The fourth-order valence-corrected chi connectivity index (χ4v) is 3.32. The standard InChI is InChI=1S/C19H23ClN2O2S/c1-13(2)10-17(19(24)22(3)11-14-8-9-25-12-14)21-18(23)15-4-6-16(20)7-5-15/h4-9,12-13,17H,10-11H2,1-3H3,(H,21,23). The van der Waals surface area contributed by atoms with E-state index in [9.17, 15) is 9.59 Å². The molecular formula is C19H23ClN2O2S. The van der Waals surface area contributed by atoms with Gasteiger partial charge < -0.3 is 10.2 Å². The highest BCUT2D eigenvalue weighted by molar-refractivity contribution is 7.07. The van der Waals surface area contributed by atoms with Crippen LogP contribution < -0.4 is 5.32 Å². The molecule has 0 radical (unpaired) electrons. The van der Waals surface area contributed by atoms with Gasteiger partial charge in [0.2, 0.25) is 5.91 Å². The molecule has 1 aromatic heterocycles. The lowest BCUT2D eigenvalue weighted by atomic mass is 10.0. The molecule has 0 aliphatic carbocycles. The van der Waals surface area contributed by atoms with Crippen molar-refractivity contribution in [1.82, 2.24) is 10.2 Å². The minimum Gasteiger partial charge on any atom is -0.340 e. The Morgan fingerprint density at radius 1 is 1.20 bits per heavy atom. The van der Waals surface area contributed by atoms with Crippen LogP contribution in [0.2, 0.25) is 5.02 Å². The first-order valence-corrected chi connectivity index (χ1v) is 9.51. The summed E-state index contributed by atoms with van der Waals surface area (Å²) in [6.45, 7) is 4.61. The van der Waals surface area contributed by atoms with Gasteiger partial charge in [-0.25, -0.2) is 0 Å². The third-order valence-corrected chi connectivity index (χ3v) is 4.78. The van der Waals surface area contributed by atoms with E-state index >= 15 is 0 Å². The topological polar surface area (TPSA) is 49.4 Å². The number of carbonyl (C=O) groups excluding carboxylic acids is 2. The predicted molar refractivity (Wildman–Crippen MR) is 103 cm³/mol. The van der Waals surface area contributed by atoms with Crippen molar-refractivity contribution in [2.75, 3.05) is 7.05 Å². The molecule has 0 bridgehead atoms. The van der Waals surface area contributed by atoms with Gasteiger partial charge in [0.05, 0.1) is 0 Å². The number of rotatable bonds is 7. The van der Waals surface area contributed by atoms with Gasteiger partial charge in [0.25, 0.3) is 5.91 Å². The van der Waals surface area contributed by atoms with Crippen molar-refractivity contribution in [3.63, 3.8) is 0 Å². The summed E-state index contributed by atoms with van der Waals surface area (Å²) in [6, 6.07) is 8.09. The van der Waals surface area contributed by atoms with Gasteiger partial charge in [0, 0.05) is 24.2 Å². The van der Waals surface area contributed by atoms with E-state index < -0.39 is 6.04 Å². The van der Waals surface area contributed by atoms with Crippen LogP contribution in [0, 0.1) is 5.92 Å². The number of hydrogen-bond donors (Lipinski definition) is 1. The van der Waals surface area contributed by atoms with Crippen molar-refractivity contribution < 1.29 is 9.59 Å². The fourth-order valence-electron chi connectivity index (χ4n) is 2.54. The first-order valence-electron chi connectivity index (χ1n) is 8.19. The van der Waals surface area contributed by atoms with Crippen LogP contribution in [-0.2, 0) is 11.3 Å². The Morgan fingerprint density at radius 2 is 1.88 bits per heavy atom. The highest BCUT2D eigenvalue weighted by atomic mass is 35.5. The number of amides is 2. The van der Waals surface area contributed by atoms with E-state index in [1.807, 2.05) is 30.7 Å². The zero-order chi connectivity index (χ0) is 18.4. The average molecular weight is 379 g/mol. The monoisotopic (exact) mass is 378 g/mol. The minimum absolute atomic E-state index is 0.0813. The predicted octanol–water partition coefficient (Wildman–Crippen LogP) is 4.20. The zero-order valence-corrected chi connectivity index (χ0v) is 16.2. The molecule has 6 heteroatoms. The highest BCUT2D eigenvalue weighted by Crippen LogP contribution is 2.14. The maximum Gasteiger partial charge on any atom is 0.251 e. The van der Waals surface area contributed by atoms with Gasteiger partial charge in [0.15, 0.2) is 0 Å². The van der Waals surface area contributed by atoms with Crippen LogP contribution in [0.4, 0.5) is 0 Å². The van der Waals surface area contributed by atoms with Gasteiger partial charge in [-0.05, 0) is 59.0 Å². The van der Waals surface area contributed by atoms with Crippen LogP contribution in [0.25, 0.3) is 0 Å². The summed E-state index contributed by atoms with van der Waals surface area (Å²) >= 11 is 7.46. The Balaban J connectivity index is 2.07. The molecule has 4 nitrogen and oxygen atoms in total. The first kappa shape index (κ1) is 19.5. The number of benzene rings is 1. The smallest absolute Gasteiger partial charge is 0.251 e. The summed E-state index contributed by atoms with van der Waals surface area (Å²) in [4.78, 5) is 27.0. The van der Waals surface area contributed by atoms with Gasteiger partial charge in [-0.15, -0.1) is 0 Å². The van der Waals surface area contributed by atoms with Crippen LogP contribution in [0.15, 0.2) is 41.1 Å². The van der Waals surface area contributed by atoms with Crippen LogP contribution in [0.3, 0.4) is 0 Å². The van der Waals surface area contributed by atoms with E-state index in [1.54, 1.807) is 47.5 Å². The molecule has 1 atom stereocenters. The number of thiophene rings is 1. The minimum atomic E-state index is -0.549. The Labute approximate surface area is 157 Å². The van der Waals surface area contributed by atoms with Gasteiger partial charge in [-0.2, -0.15) is 11.3 Å². The molecule has 1 heterocycles. The van der Waals surface area contributed by atoms with E-state index in [4.69, 9.17) is 11.6 Å². The van der Waals surface area contributed by atoms with Crippen LogP contribution in [-0.4, -0.2) is 29.8 Å². The molecule has 0 aliphatic heterocycles. The van der Waals surface area contributed by atoms with Crippen molar-refractivity contribution in [2.45, 2.75) is 32.9 Å². The molecule has 134 valence electrons. The largest absolute Gasteiger partial charge is 0.340 e. The van der Waals surface area contributed by atoms with E-state index in [0.29, 0.717) is 23.6 Å². The summed E-state index contributed by atoms with van der Waals surface area (Å²) in [7, 11) is 1.77. The molecule has 0 aliphatic rings. The summed E-state index contributed by atoms with van der Waals surface area (Å²) in [5, 5.41) is 7.45. The molecule has 2 aromatic rings. The number of nitrogens with one attached hydrogen (secondary N) is 1. The lowest BCUT2D eigenvalue weighted by Gasteiger charge is -2.25. The summed E-state index contributed by atoms with van der Waals surface area (Å²) in [6.07, 6.45) is 0.589. The second-order valence-electron chi connectivity index (χ2n) is 6.49. The number of nitrogens with zero attached hydrogens (tertiary/aromatic N) is 1. The normalized spacial score (nSPS) is 12.0. The van der Waals surface area contributed by atoms with E-state index in [0.717, 1.165) is 5.56 Å². The molecule has 2 amide bonds. The van der Waals surface area contributed by atoms with Crippen molar-refractivity contribution in [3.05, 3.63) is 57.2 Å². The number of halogens is 1. The molecule has 0 saturated carbocycles. The van der Waals surface area contributed by atoms with Crippen molar-refractivity contribution in [3.8, 4) is 0 Å². The van der Waals surface area contributed by atoms with E-state index in [1.165, 1.54) is 0 Å². The van der Waals surface area contributed by atoms with Gasteiger partial charge in [0.1, 0.15) is 6.04 Å². The molecule has 0 spiro atoms. The van der Waals surface area contributed by atoms with E-state index in [-0.39, 0.29) is 17.7 Å². The molecule has 0 fully saturated rings. The maximum atomic E-state index is 12.8. The number of hydrogen-bond acceptors (Lipinski definition) is 3. The second kappa shape index (κ2) is 9.02. The molecule has 1 N–H and O–H groups in total. The molecule has 25 heavy (non-hydrogen) atoms. The number of likely N-dealkylation sites (N-methyl/N-ethyl adjacent to an activating group) is 1. The van der Waals surface area contributed by atoms with E-state index in [2.05, 4.69) is 5.32 Å². The van der Waals surface area contributed by atoms with Gasteiger partial charge in [-0.1, -0.05) is 25.4 Å². The highest BCUT2D eigenvalue weighted by Gasteiger charge is 2.25. The Morgan fingerprint density at radius 3 is 2.44 bits per heavy atom. The lowest BCUT2D eigenvalue weighted by molar-refractivity contribution is -0.132. The Bertz CT molecular complexity index is 699.